The molecule has 2 aromatic carbocycles. The number of hydrogen-bond donors (Lipinski definition) is 1. The molecule has 152 valence electrons. The first-order valence-corrected chi connectivity index (χ1v) is 10.7. The van der Waals surface area contributed by atoms with Gasteiger partial charge in [-0.15, -0.1) is 11.3 Å². The highest BCUT2D eigenvalue weighted by Crippen LogP contribution is 2.30. The molecule has 0 unspecified atom stereocenters. The number of nitrogens with one attached hydrogen (secondary N) is 1. The van der Waals surface area contributed by atoms with Crippen molar-refractivity contribution in [1.29, 1.82) is 0 Å². The summed E-state index contributed by atoms with van der Waals surface area (Å²) >= 11 is 1.36. The molecule has 0 aliphatic carbocycles. The summed E-state index contributed by atoms with van der Waals surface area (Å²) in [6.45, 7) is 6.21. The smallest absolute Gasteiger partial charge is 0.271 e. The summed E-state index contributed by atoms with van der Waals surface area (Å²) in [4.78, 5) is 29.8. The van der Waals surface area contributed by atoms with Crippen molar-refractivity contribution < 1.29 is 4.79 Å². The number of benzene rings is 2. The van der Waals surface area contributed by atoms with Crippen LogP contribution in [0.25, 0.3) is 21.3 Å². The lowest BCUT2D eigenvalue weighted by molar-refractivity contribution is -0.116. The molecule has 0 spiro atoms. The number of rotatable bonds is 5. The summed E-state index contributed by atoms with van der Waals surface area (Å²) in [6.07, 6.45) is 1.45. The minimum Gasteiger partial charge on any atom is -0.325 e. The Bertz CT molecular complexity index is 1250. The fourth-order valence-electron chi connectivity index (χ4n) is 3.30. The predicted octanol–water partition coefficient (Wildman–Crippen LogP) is 5.20. The molecule has 0 saturated carbocycles. The van der Waals surface area contributed by atoms with E-state index in [-0.39, 0.29) is 18.0 Å². The van der Waals surface area contributed by atoms with Crippen molar-refractivity contribution in [2.24, 2.45) is 0 Å². The van der Waals surface area contributed by atoms with Gasteiger partial charge >= 0.3 is 0 Å². The number of hydrogen-bond acceptors (Lipinski definition) is 4. The number of anilines is 1. The monoisotopic (exact) mass is 417 g/mol. The van der Waals surface area contributed by atoms with Gasteiger partial charge in [-0.3, -0.25) is 14.2 Å². The molecule has 0 atom stereocenters. The lowest BCUT2D eigenvalue weighted by Gasteiger charge is -2.09. The molecule has 1 N–H and O–H groups in total. The van der Waals surface area contributed by atoms with E-state index in [2.05, 4.69) is 24.1 Å². The fourth-order valence-corrected chi connectivity index (χ4v) is 4.27. The molecule has 0 bridgehead atoms. The molecule has 6 heteroatoms. The van der Waals surface area contributed by atoms with Gasteiger partial charge in [-0.25, -0.2) is 4.98 Å². The number of thiophene rings is 1. The average Bonchev–Trinajstić information content (AvgIpc) is 3.16. The number of carbonyl (C=O) groups is 1. The zero-order valence-corrected chi connectivity index (χ0v) is 18.0. The third kappa shape index (κ3) is 4.04. The van der Waals surface area contributed by atoms with Crippen LogP contribution in [0.1, 0.15) is 30.9 Å². The number of aromatic nitrogens is 2. The first-order valence-electron chi connectivity index (χ1n) is 9.86. The zero-order chi connectivity index (χ0) is 21.3. The molecule has 0 aliphatic heterocycles. The molecule has 4 rings (SSSR count). The Kier molecular flexibility index (Phi) is 5.50. The SMILES string of the molecule is Cc1ccc(-c2csc3c(=O)n(CC(=O)Nc4ccc(C(C)C)cc4)cnc23)cc1. The van der Waals surface area contributed by atoms with Gasteiger partial charge in [0.1, 0.15) is 11.2 Å². The molecule has 2 heterocycles. The third-order valence-electron chi connectivity index (χ3n) is 5.08. The molecule has 0 saturated heterocycles. The van der Waals surface area contributed by atoms with Crippen LogP contribution in [-0.2, 0) is 11.3 Å². The maximum Gasteiger partial charge on any atom is 0.271 e. The molecule has 5 nitrogen and oxygen atoms in total. The van der Waals surface area contributed by atoms with E-state index in [9.17, 15) is 9.59 Å². The molecule has 0 radical (unpaired) electrons. The Labute approximate surface area is 179 Å². The summed E-state index contributed by atoms with van der Waals surface area (Å²) < 4.78 is 1.91. The van der Waals surface area contributed by atoms with E-state index in [4.69, 9.17) is 0 Å². The molecule has 0 fully saturated rings. The van der Waals surface area contributed by atoms with Gasteiger partial charge in [-0.2, -0.15) is 0 Å². The van der Waals surface area contributed by atoms with Crippen LogP contribution in [0.5, 0.6) is 0 Å². The Morgan fingerprint density at radius 3 is 2.47 bits per heavy atom. The number of nitrogens with zero attached hydrogens (tertiary/aromatic N) is 2. The summed E-state index contributed by atoms with van der Waals surface area (Å²) in [7, 11) is 0. The van der Waals surface area contributed by atoms with E-state index >= 15 is 0 Å². The Hall–Kier alpha value is -3.25. The van der Waals surface area contributed by atoms with E-state index in [1.807, 2.05) is 60.8 Å². The highest BCUT2D eigenvalue weighted by atomic mass is 32.1. The van der Waals surface area contributed by atoms with Crippen molar-refractivity contribution in [3.63, 3.8) is 0 Å². The van der Waals surface area contributed by atoms with Gasteiger partial charge in [-0.05, 0) is 36.1 Å². The molecule has 1 amide bonds. The Morgan fingerprint density at radius 2 is 1.80 bits per heavy atom. The minimum absolute atomic E-state index is 0.0779. The minimum atomic E-state index is -0.258. The van der Waals surface area contributed by atoms with E-state index in [0.29, 0.717) is 21.8 Å². The van der Waals surface area contributed by atoms with Crippen molar-refractivity contribution in [3.8, 4) is 11.1 Å². The summed E-state index contributed by atoms with van der Waals surface area (Å²) in [6, 6.07) is 15.9. The molecule has 2 aromatic heterocycles. The van der Waals surface area contributed by atoms with Crippen LogP contribution in [0.2, 0.25) is 0 Å². The number of amides is 1. The second-order valence-corrected chi connectivity index (χ2v) is 8.58. The van der Waals surface area contributed by atoms with Crippen molar-refractivity contribution in [2.45, 2.75) is 33.2 Å². The second kappa shape index (κ2) is 8.24. The van der Waals surface area contributed by atoms with Crippen LogP contribution in [0.4, 0.5) is 5.69 Å². The van der Waals surface area contributed by atoms with Gasteiger partial charge in [0.25, 0.3) is 5.56 Å². The third-order valence-corrected chi connectivity index (χ3v) is 6.04. The second-order valence-electron chi connectivity index (χ2n) is 7.70. The van der Waals surface area contributed by atoms with Gasteiger partial charge in [0.15, 0.2) is 0 Å². The number of carbonyl (C=O) groups excluding carboxylic acids is 1. The maximum atomic E-state index is 12.9. The van der Waals surface area contributed by atoms with Crippen LogP contribution in [0.3, 0.4) is 0 Å². The molecule has 4 aromatic rings. The summed E-state index contributed by atoms with van der Waals surface area (Å²) in [5.41, 5.74) is 5.54. The molecular formula is C24H23N3O2S. The Balaban J connectivity index is 1.55. The van der Waals surface area contributed by atoms with Crippen molar-refractivity contribution in [3.05, 3.63) is 81.7 Å². The van der Waals surface area contributed by atoms with Gasteiger partial charge in [0, 0.05) is 16.6 Å². The van der Waals surface area contributed by atoms with E-state index in [0.717, 1.165) is 11.1 Å². The Morgan fingerprint density at radius 1 is 1.10 bits per heavy atom. The summed E-state index contributed by atoms with van der Waals surface area (Å²) in [5.74, 6) is 0.174. The van der Waals surface area contributed by atoms with Gasteiger partial charge in [0.05, 0.1) is 11.8 Å². The first kappa shape index (κ1) is 20.0. The lowest BCUT2D eigenvalue weighted by atomic mass is 10.0. The number of aryl methyl sites for hydroxylation is 1. The molecular weight excluding hydrogens is 394 g/mol. The first-order chi connectivity index (χ1) is 14.4. The highest BCUT2D eigenvalue weighted by Gasteiger charge is 2.14. The van der Waals surface area contributed by atoms with Gasteiger partial charge < -0.3 is 5.32 Å². The lowest BCUT2D eigenvalue weighted by Crippen LogP contribution is -2.27. The maximum absolute atomic E-state index is 12.9. The zero-order valence-electron chi connectivity index (χ0n) is 17.2. The quantitative estimate of drug-likeness (QED) is 0.486. The molecule has 30 heavy (non-hydrogen) atoms. The van der Waals surface area contributed by atoms with Crippen LogP contribution < -0.4 is 10.9 Å². The topological polar surface area (TPSA) is 64.0 Å². The normalized spacial score (nSPS) is 11.2. The van der Waals surface area contributed by atoms with Crippen LogP contribution in [0.15, 0.2) is 65.0 Å². The van der Waals surface area contributed by atoms with E-state index < -0.39 is 0 Å². The van der Waals surface area contributed by atoms with Crippen LogP contribution >= 0.6 is 11.3 Å². The largest absolute Gasteiger partial charge is 0.325 e. The number of fused-ring (bicyclic) bond motifs is 1. The highest BCUT2D eigenvalue weighted by molar-refractivity contribution is 7.17. The summed E-state index contributed by atoms with van der Waals surface area (Å²) in [5, 5.41) is 4.79. The predicted molar refractivity (Wildman–Crippen MR) is 123 cm³/mol. The van der Waals surface area contributed by atoms with Crippen molar-refractivity contribution in [1.82, 2.24) is 9.55 Å². The van der Waals surface area contributed by atoms with Crippen molar-refractivity contribution in [2.75, 3.05) is 5.32 Å². The molecule has 0 aliphatic rings. The average molecular weight is 418 g/mol. The van der Waals surface area contributed by atoms with Crippen LogP contribution in [0, 0.1) is 6.92 Å². The van der Waals surface area contributed by atoms with E-state index in [1.165, 1.54) is 33.4 Å². The van der Waals surface area contributed by atoms with E-state index in [1.54, 1.807) is 0 Å². The standard InChI is InChI=1S/C24H23N3O2S/c1-15(2)17-8-10-19(11-9-17)26-21(28)12-27-14-25-22-20(13-30-23(22)24(27)29)18-6-4-16(3)5-7-18/h4-11,13-15H,12H2,1-3H3,(H,26,28). The van der Waals surface area contributed by atoms with Crippen LogP contribution in [-0.4, -0.2) is 15.5 Å². The van der Waals surface area contributed by atoms with Crippen molar-refractivity contribution >= 4 is 33.1 Å². The van der Waals surface area contributed by atoms with Gasteiger partial charge in [0.2, 0.25) is 5.91 Å². The fraction of sp³-hybridized carbons (Fsp3) is 0.208. The van der Waals surface area contributed by atoms with Gasteiger partial charge in [-0.1, -0.05) is 55.8 Å².